The molecule has 1 aliphatic rings. The molecule has 0 atom stereocenters. The second-order valence-electron chi connectivity index (χ2n) is 4.50. The van der Waals surface area contributed by atoms with Gasteiger partial charge in [0.05, 0.1) is 0 Å². The summed E-state index contributed by atoms with van der Waals surface area (Å²) in [7, 11) is 0. The Morgan fingerprint density at radius 2 is 0.556 bits per heavy atom. The first-order valence-electron chi connectivity index (χ1n) is 4.39. The predicted octanol–water partition coefficient (Wildman–Crippen LogP) is 6.90. The molecule has 1 rings (SSSR count). The largest absolute Gasteiger partial charge is 0.189 e. The third-order valence-corrected chi connectivity index (χ3v) is 11.1. The molecule has 1 saturated carbocycles. The third-order valence-electron chi connectivity index (χ3n) is 3.15. The summed E-state index contributed by atoms with van der Waals surface area (Å²) in [5.41, 5.74) is -1.34. The third kappa shape index (κ3) is 1.87. The van der Waals surface area contributed by atoms with Gasteiger partial charge >= 0.3 is 0 Å². The Kier molecular flexibility index (Phi) is 4.94. The minimum atomic E-state index is -2.23. The molecule has 18 heavy (non-hydrogen) atoms. The molecule has 1 aliphatic carbocycles. The lowest BCUT2D eigenvalue weighted by Gasteiger charge is -2.63. The van der Waals surface area contributed by atoms with Gasteiger partial charge in [-0.2, -0.15) is 0 Å². The molecule has 0 spiro atoms. The zero-order valence-electron chi connectivity index (χ0n) is 8.78. The van der Waals surface area contributed by atoms with Crippen molar-refractivity contribution in [1.82, 2.24) is 0 Å². The lowest BCUT2D eigenvalue weighted by molar-refractivity contribution is 0.177. The monoisotopic (exact) mass is 452 g/mol. The van der Waals surface area contributed by atoms with Crippen molar-refractivity contribution in [2.45, 2.75) is 35.5 Å². The molecule has 1 fully saturated rings. The average Bonchev–Trinajstić information content (AvgIpc) is 2.14. The number of halogens is 10. The molecule has 0 aliphatic heterocycles. The lowest BCUT2D eigenvalue weighted by Crippen LogP contribution is -2.77. The van der Waals surface area contributed by atoms with Crippen LogP contribution in [0.2, 0.25) is 0 Å². The topological polar surface area (TPSA) is 0 Å². The van der Waals surface area contributed by atoms with E-state index in [4.69, 9.17) is 116 Å². The van der Waals surface area contributed by atoms with E-state index in [2.05, 4.69) is 0 Å². The van der Waals surface area contributed by atoms with Crippen molar-refractivity contribution in [2.24, 2.45) is 5.41 Å². The predicted molar refractivity (Wildman–Crippen MR) is 86.0 cm³/mol. The highest BCUT2D eigenvalue weighted by Crippen LogP contribution is 2.77. The van der Waals surface area contributed by atoms with Gasteiger partial charge in [-0.15, -0.1) is 0 Å². The van der Waals surface area contributed by atoms with E-state index in [9.17, 15) is 0 Å². The molecule has 0 radical (unpaired) electrons. The van der Waals surface area contributed by atoms with Gasteiger partial charge in [-0.3, -0.25) is 0 Å². The number of hydrogen-bond donors (Lipinski definition) is 0. The molecule has 0 amide bonds. The molecular weight excluding hydrogens is 451 g/mol. The molecule has 10 heteroatoms. The van der Waals surface area contributed by atoms with E-state index in [1.54, 1.807) is 0 Å². The van der Waals surface area contributed by atoms with Crippen LogP contribution >= 0.6 is 116 Å². The van der Waals surface area contributed by atoms with Gasteiger partial charge in [0.1, 0.15) is 0 Å². The van der Waals surface area contributed by atoms with E-state index >= 15 is 0 Å². The molecule has 0 N–H and O–H groups in total. The van der Waals surface area contributed by atoms with Crippen molar-refractivity contribution >= 4 is 116 Å². The Morgan fingerprint density at radius 1 is 0.389 bits per heavy atom. The molecule has 0 unspecified atom stereocenters. The minimum absolute atomic E-state index is 1.34. The molecule has 0 aromatic carbocycles. The van der Waals surface area contributed by atoms with Crippen LogP contribution in [0.3, 0.4) is 0 Å². The van der Waals surface area contributed by atoms with Crippen LogP contribution in [0, 0.1) is 5.41 Å². The molecule has 0 aromatic heterocycles. The second kappa shape index (κ2) is 4.70. The van der Waals surface area contributed by atoms with Gasteiger partial charge in [-0.25, -0.2) is 0 Å². The van der Waals surface area contributed by atoms with Crippen LogP contribution in [0.25, 0.3) is 0 Å². The van der Waals surface area contributed by atoms with Crippen LogP contribution < -0.4 is 0 Å². The smallest absolute Gasteiger partial charge is 0.0974 e. The van der Waals surface area contributed by atoms with Crippen molar-refractivity contribution in [3.8, 4) is 0 Å². The van der Waals surface area contributed by atoms with Gasteiger partial charge < -0.3 is 0 Å². The highest BCUT2D eigenvalue weighted by molar-refractivity contribution is 6.78. The number of hydrogen-bond acceptors (Lipinski definition) is 0. The highest BCUT2D eigenvalue weighted by Gasteiger charge is 2.85. The summed E-state index contributed by atoms with van der Waals surface area (Å²) in [6, 6.07) is 0. The Hall–Kier alpha value is 2.90. The van der Waals surface area contributed by atoms with E-state index in [0.717, 1.165) is 0 Å². The fourth-order valence-electron chi connectivity index (χ4n) is 1.57. The van der Waals surface area contributed by atoms with E-state index in [1.807, 2.05) is 0 Å². The zero-order valence-corrected chi connectivity index (χ0v) is 16.3. The molecule has 108 valence electrons. The molecular formula is C8H6Cl10. The van der Waals surface area contributed by atoms with Gasteiger partial charge in [0, 0.05) is 5.41 Å². The summed E-state index contributed by atoms with van der Waals surface area (Å²) < 4.78 is -10.3. The molecule has 0 heterocycles. The summed E-state index contributed by atoms with van der Waals surface area (Å²) in [6.45, 7) is 2.99. The normalized spacial score (nSPS) is 34.0. The SMILES string of the molecule is CC1(C)C(Cl)(Cl)C(Cl)(Cl)C(Cl)(Cl)C(Cl)(Cl)C1(Cl)Cl. The van der Waals surface area contributed by atoms with Gasteiger partial charge in [0.15, 0.2) is 21.7 Å². The van der Waals surface area contributed by atoms with Gasteiger partial charge in [0.2, 0.25) is 0 Å². The van der Waals surface area contributed by atoms with Crippen LogP contribution in [0.15, 0.2) is 0 Å². The standard InChI is InChI=1S/C8H6Cl10/c1-3(2)4(9,10)6(13,14)8(17,18)7(15,16)5(3,11)12/h1-2H3. The van der Waals surface area contributed by atoms with Crippen LogP contribution in [0.4, 0.5) is 0 Å². The summed E-state index contributed by atoms with van der Waals surface area (Å²) in [5.74, 6) is 0. The maximum absolute atomic E-state index is 6.20. The maximum Gasteiger partial charge on any atom is 0.189 e. The quantitative estimate of drug-likeness (QED) is 0.348. The zero-order chi connectivity index (χ0) is 15.0. The van der Waals surface area contributed by atoms with E-state index in [1.165, 1.54) is 13.8 Å². The fourth-order valence-corrected chi connectivity index (χ4v) is 5.56. The Balaban J connectivity index is 3.72. The van der Waals surface area contributed by atoms with Crippen molar-refractivity contribution in [3.05, 3.63) is 0 Å². The first-order valence-corrected chi connectivity index (χ1v) is 8.17. The summed E-state index contributed by atoms with van der Waals surface area (Å²) in [6.07, 6.45) is 0. The molecule has 0 nitrogen and oxygen atoms in total. The molecule has 0 aromatic rings. The molecule has 0 bridgehead atoms. The van der Waals surface area contributed by atoms with E-state index in [0.29, 0.717) is 0 Å². The second-order valence-corrected chi connectivity index (χ2v) is 11.1. The molecule has 0 saturated heterocycles. The summed E-state index contributed by atoms with van der Waals surface area (Å²) >= 11 is 61.3. The Labute approximate surface area is 155 Å². The van der Waals surface area contributed by atoms with Crippen LogP contribution in [0.5, 0.6) is 0 Å². The first kappa shape index (κ1) is 18.9. The fraction of sp³-hybridized carbons (Fsp3) is 1.00. The number of alkyl halides is 10. The van der Waals surface area contributed by atoms with Crippen molar-refractivity contribution < 1.29 is 0 Å². The Bertz CT molecular complexity index is 249. The van der Waals surface area contributed by atoms with E-state index < -0.39 is 27.1 Å². The highest BCUT2D eigenvalue weighted by atomic mass is 35.6. The Morgan fingerprint density at radius 3 is 0.778 bits per heavy atom. The van der Waals surface area contributed by atoms with Crippen molar-refractivity contribution in [1.29, 1.82) is 0 Å². The van der Waals surface area contributed by atoms with Gasteiger partial charge in [0.25, 0.3) is 0 Å². The minimum Gasteiger partial charge on any atom is -0.0974 e. The van der Waals surface area contributed by atoms with Crippen molar-refractivity contribution in [2.75, 3.05) is 0 Å². The summed E-state index contributed by atoms with van der Waals surface area (Å²) in [4.78, 5) is 0. The maximum atomic E-state index is 6.20. The van der Waals surface area contributed by atoms with Crippen molar-refractivity contribution in [3.63, 3.8) is 0 Å². The van der Waals surface area contributed by atoms with E-state index in [-0.39, 0.29) is 0 Å². The number of rotatable bonds is 0. The van der Waals surface area contributed by atoms with Crippen LogP contribution in [-0.2, 0) is 0 Å². The first-order chi connectivity index (χ1) is 7.50. The summed E-state index contributed by atoms with van der Waals surface area (Å²) in [5, 5.41) is 0. The lowest BCUT2D eigenvalue weighted by atomic mass is 9.73. The van der Waals surface area contributed by atoms with Gasteiger partial charge in [-0.1, -0.05) is 130 Å². The van der Waals surface area contributed by atoms with Crippen LogP contribution in [0.1, 0.15) is 13.8 Å². The van der Waals surface area contributed by atoms with Gasteiger partial charge in [-0.05, 0) is 0 Å². The average molecular weight is 457 g/mol. The van der Waals surface area contributed by atoms with Crippen LogP contribution in [-0.4, -0.2) is 21.7 Å².